The van der Waals surface area contributed by atoms with Crippen LogP contribution in [0.15, 0.2) is 24.3 Å². The molecule has 0 aliphatic carbocycles. The summed E-state index contributed by atoms with van der Waals surface area (Å²) in [5.74, 6) is -0.155. The van der Waals surface area contributed by atoms with Gasteiger partial charge in [-0.2, -0.15) is 0 Å². The fourth-order valence-corrected chi connectivity index (χ4v) is 2.58. The van der Waals surface area contributed by atoms with Crippen molar-refractivity contribution in [1.82, 2.24) is 5.32 Å². The SMILES string of the molecule is CCCC1NC(=O)c2ccccc2N(C(C)CC)C1=O. The Morgan fingerprint density at radius 1 is 1.25 bits per heavy atom. The molecule has 0 saturated carbocycles. The Balaban J connectivity index is 2.51. The lowest BCUT2D eigenvalue weighted by Crippen LogP contribution is -2.48. The van der Waals surface area contributed by atoms with E-state index in [0.717, 1.165) is 18.5 Å². The van der Waals surface area contributed by atoms with Gasteiger partial charge in [0.05, 0.1) is 11.3 Å². The number of benzene rings is 1. The number of anilines is 1. The van der Waals surface area contributed by atoms with Gasteiger partial charge in [-0.3, -0.25) is 9.59 Å². The summed E-state index contributed by atoms with van der Waals surface area (Å²) in [7, 11) is 0. The van der Waals surface area contributed by atoms with Crippen molar-refractivity contribution in [3.63, 3.8) is 0 Å². The molecule has 2 unspecified atom stereocenters. The quantitative estimate of drug-likeness (QED) is 0.917. The van der Waals surface area contributed by atoms with Crippen LogP contribution < -0.4 is 10.2 Å². The molecule has 0 saturated heterocycles. The summed E-state index contributed by atoms with van der Waals surface area (Å²) in [6, 6.07) is 6.99. The summed E-state index contributed by atoms with van der Waals surface area (Å²) in [6.45, 7) is 6.09. The maximum atomic E-state index is 12.8. The predicted molar refractivity (Wildman–Crippen MR) is 79.8 cm³/mol. The highest BCUT2D eigenvalue weighted by atomic mass is 16.2. The van der Waals surface area contributed by atoms with E-state index in [1.54, 1.807) is 11.0 Å². The summed E-state index contributed by atoms with van der Waals surface area (Å²) in [5, 5.41) is 2.86. The molecule has 1 aliphatic heterocycles. The van der Waals surface area contributed by atoms with Crippen LogP contribution in [0.1, 0.15) is 50.4 Å². The van der Waals surface area contributed by atoms with Crippen molar-refractivity contribution in [3.8, 4) is 0 Å². The highest BCUT2D eigenvalue weighted by Gasteiger charge is 2.34. The van der Waals surface area contributed by atoms with E-state index < -0.39 is 6.04 Å². The highest BCUT2D eigenvalue weighted by Crippen LogP contribution is 2.27. The van der Waals surface area contributed by atoms with Crippen molar-refractivity contribution in [1.29, 1.82) is 0 Å². The summed E-state index contributed by atoms with van der Waals surface area (Å²) in [6.07, 6.45) is 2.39. The normalized spacial score (nSPS) is 20.1. The van der Waals surface area contributed by atoms with Gasteiger partial charge in [0.2, 0.25) is 5.91 Å². The number of fused-ring (bicyclic) bond motifs is 1. The minimum Gasteiger partial charge on any atom is -0.340 e. The third-order valence-corrected chi connectivity index (χ3v) is 3.86. The number of rotatable bonds is 4. The summed E-state index contributed by atoms with van der Waals surface area (Å²) < 4.78 is 0. The zero-order chi connectivity index (χ0) is 14.7. The van der Waals surface area contributed by atoms with Crippen LogP contribution in [-0.4, -0.2) is 23.9 Å². The van der Waals surface area contributed by atoms with Crippen LogP contribution >= 0.6 is 0 Å². The summed E-state index contributed by atoms with van der Waals surface area (Å²) in [4.78, 5) is 26.8. The molecule has 0 bridgehead atoms. The molecule has 4 heteroatoms. The molecule has 2 atom stereocenters. The molecule has 1 aliphatic rings. The third kappa shape index (κ3) is 2.55. The Hall–Kier alpha value is -1.84. The van der Waals surface area contributed by atoms with Crippen molar-refractivity contribution in [2.24, 2.45) is 0 Å². The summed E-state index contributed by atoms with van der Waals surface area (Å²) in [5.41, 5.74) is 1.31. The molecule has 20 heavy (non-hydrogen) atoms. The molecule has 4 nitrogen and oxygen atoms in total. The third-order valence-electron chi connectivity index (χ3n) is 3.86. The molecule has 108 valence electrons. The number of hydrogen-bond donors (Lipinski definition) is 1. The lowest BCUT2D eigenvalue weighted by atomic mass is 10.1. The molecule has 1 N–H and O–H groups in total. The first-order chi connectivity index (χ1) is 9.60. The van der Waals surface area contributed by atoms with Gasteiger partial charge < -0.3 is 10.2 Å². The first-order valence-corrected chi connectivity index (χ1v) is 7.33. The second kappa shape index (κ2) is 6.07. The highest BCUT2D eigenvalue weighted by molar-refractivity contribution is 6.11. The number of hydrogen-bond acceptors (Lipinski definition) is 2. The van der Waals surface area contributed by atoms with Crippen LogP contribution in [-0.2, 0) is 4.79 Å². The monoisotopic (exact) mass is 274 g/mol. The molecule has 0 radical (unpaired) electrons. The smallest absolute Gasteiger partial charge is 0.254 e. The topological polar surface area (TPSA) is 49.4 Å². The molecule has 0 fully saturated rings. The molecular formula is C16H22N2O2. The molecule has 1 aromatic rings. The molecule has 0 aromatic heterocycles. The molecule has 0 spiro atoms. The Labute approximate surface area is 120 Å². The van der Waals surface area contributed by atoms with E-state index in [0.29, 0.717) is 12.0 Å². The molecule has 1 heterocycles. The zero-order valence-electron chi connectivity index (χ0n) is 12.3. The molecular weight excluding hydrogens is 252 g/mol. The van der Waals surface area contributed by atoms with E-state index in [2.05, 4.69) is 12.2 Å². The van der Waals surface area contributed by atoms with Crippen LogP contribution in [0.3, 0.4) is 0 Å². The van der Waals surface area contributed by atoms with E-state index in [4.69, 9.17) is 0 Å². The minimum absolute atomic E-state index is 0.000463. The number of para-hydroxylation sites is 1. The average molecular weight is 274 g/mol. The minimum atomic E-state index is -0.422. The lowest BCUT2D eigenvalue weighted by molar-refractivity contribution is -0.120. The van der Waals surface area contributed by atoms with Gasteiger partial charge in [-0.05, 0) is 31.9 Å². The van der Waals surface area contributed by atoms with E-state index >= 15 is 0 Å². The standard InChI is InChI=1S/C16H22N2O2/c1-4-8-13-16(20)18(11(3)5-2)14-10-7-6-9-12(14)15(19)17-13/h6-7,9-11,13H,4-5,8H2,1-3H3,(H,17,19). The first-order valence-electron chi connectivity index (χ1n) is 7.33. The number of carbonyl (C=O) groups excluding carboxylic acids is 2. The van der Waals surface area contributed by atoms with Gasteiger partial charge in [-0.25, -0.2) is 0 Å². The van der Waals surface area contributed by atoms with Crippen LogP contribution in [0.25, 0.3) is 0 Å². The number of carbonyl (C=O) groups is 2. The molecule has 2 amide bonds. The fourth-order valence-electron chi connectivity index (χ4n) is 2.58. The van der Waals surface area contributed by atoms with Gasteiger partial charge in [0, 0.05) is 6.04 Å². The van der Waals surface area contributed by atoms with Crippen molar-refractivity contribution >= 4 is 17.5 Å². The van der Waals surface area contributed by atoms with Crippen LogP contribution in [0.4, 0.5) is 5.69 Å². The molecule has 2 rings (SSSR count). The number of amides is 2. The van der Waals surface area contributed by atoms with Crippen molar-refractivity contribution in [3.05, 3.63) is 29.8 Å². The number of nitrogens with one attached hydrogen (secondary N) is 1. The van der Waals surface area contributed by atoms with Crippen molar-refractivity contribution in [2.45, 2.75) is 52.1 Å². The largest absolute Gasteiger partial charge is 0.340 e. The second-order valence-corrected chi connectivity index (χ2v) is 5.30. The Bertz CT molecular complexity index is 513. The molecule has 1 aromatic carbocycles. The van der Waals surface area contributed by atoms with Crippen molar-refractivity contribution in [2.75, 3.05) is 4.90 Å². The van der Waals surface area contributed by atoms with Gasteiger partial charge in [0.15, 0.2) is 0 Å². The summed E-state index contributed by atoms with van der Waals surface area (Å²) >= 11 is 0. The van der Waals surface area contributed by atoms with Crippen LogP contribution in [0.5, 0.6) is 0 Å². The zero-order valence-corrected chi connectivity index (χ0v) is 12.3. The second-order valence-electron chi connectivity index (χ2n) is 5.30. The Morgan fingerprint density at radius 3 is 2.60 bits per heavy atom. The van der Waals surface area contributed by atoms with Gasteiger partial charge in [-0.1, -0.05) is 32.4 Å². The average Bonchev–Trinajstić information content (AvgIpc) is 2.56. The van der Waals surface area contributed by atoms with Crippen molar-refractivity contribution < 1.29 is 9.59 Å². The maximum Gasteiger partial charge on any atom is 0.254 e. The Morgan fingerprint density at radius 2 is 1.95 bits per heavy atom. The number of nitrogens with zero attached hydrogens (tertiary/aromatic N) is 1. The van der Waals surface area contributed by atoms with Gasteiger partial charge >= 0.3 is 0 Å². The van der Waals surface area contributed by atoms with E-state index in [1.807, 2.05) is 32.0 Å². The van der Waals surface area contributed by atoms with E-state index in [1.165, 1.54) is 0 Å². The van der Waals surface area contributed by atoms with Gasteiger partial charge in [0.25, 0.3) is 5.91 Å². The lowest BCUT2D eigenvalue weighted by Gasteiger charge is -2.30. The van der Waals surface area contributed by atoms with Crippen LogP contribution in [0, 0.1) is 0 Å². The van der Waals surface area contributed by atoms with E-state index in [9.17, 15) is 9.59 Å². The predicted octanol–water partition coefficient (Wildman–Crippen LogP) is 2.73. The van der Waals surface area contributed by atoms with Gasteiger partial charge in [0.1, 0.15) is 6.04 Å². The fraction of sp³-hybridized carbons (Fsp3) is 0.500. The van der Waals surface area contributed by atoms with Gasteiger partial charge in [-0.15, -0.1) is 0 Å². The maximum absolute atomic E-state index is 12.8. The Kier molecular flexibility index (Phi) is 4.42. The van der Waals surface area contributed by atoms with E-state index in [-0.39, 0.29) is 17.9 Å². The first kappa shape index (κ1) is 14.6. The van der Waals surface area contributed by atoms with Crippen LogP contribution in [0.2, 0.25) is 0 Å².